The van der Waals surface area contributed by atoms with E-state index in [9.17, 15) is 14.4 Å². The number of aromatic nitrogens is 2. The van der Waals surface area contributed by atoms with Gasteiger partial charge in [0.05, 0.1) is 29.5 Å². The molecule has 3 aliphatic rings. The summed E-state index contributed by atoms with van der Waals surface area (Å²) in [5.74, 6) is -0.387. The second-order valence-corrected chi connectivity index (χ2v) is 6.94. The normalized spacial score (nSPS) is 31.5. The molecule has 0 bridgehead atoms. The van der Waals surface area contributed by atoms with E-state index in [4.69, 9.17) is 4.74 Å². The first-order chi connectivity index (χ1) is 11.6. The highest BCUT2D eigenvalue weighted by Crippen LogP contribution is 2.42. The fourth-order valence-electron chi connectivity index (χ4n) is 4.02. The van der Waals surface area contributed by atoms with Gasteiger partial charge >= 0.3 is 6.09 Å². The van der Waals surface area contributed by atoms with Crippen LogP contribution in [0, 0.1) is 0 Å². The number of alkyl carbamates (subject to hydrolysis) is 1. The quantitative estimate of drug-likeness (QED) is 0.786. The summed E-state index contributed by atoms with van der Waals surface area (Å²) in [5, 5.41) is 5.62. The lowest BCUT2D eigenvalue weighted by molar-refractivity contribution is -0.134. The molecule has 1 aliphatic carbocycles. The van der Waals surface area contributed by atoms with Crippen LogP contribution in [0.1, 0.15) is 36.2 Å². The van der Waals surface area contributed by atoms with E-state index in [2.05, 4.69) is 19.4 Å². The van der Waals surface area contributed by atoms with Gasteiger partial charge in [-0.15, -0.1) is 0 Å². The van der Waals surface area contributed by atoms with Crippen LogP contribution < -0.4 is 10.6 Å². The Kier molecular flexibility index (Phi) is 3.63. The Hall–Kier alpha value is -2.23. The van der Waals surface area contributed by atoms with Crippen molar-refractivity contribution < 1.29 is 19.1 Å². The first-order valence-corrected chi connectivity index (χ1v) is 8.66. The smallest absolute Gasteiger partial charge is 0.407 e. The molecule has 4 rings (SSSR count). The van der Waals surface area contributed by atoms with E-state index in [1.54, 1.807) is 4.90 Å². The van der Waals surface area contributed by atoms with Gasteiger partial charge in [0.2, 0.25) is 5.91 Å². The van der Waals surface area contributed by atoms with Crippen molar-refractivity contribution in [3.63, 3.8) is 0 Å². The SMILES string of the molecule is O=C1NC(C(=O)N2CCC3(NC(=O)c4cnsn4)CCCC23)CO1. The number of carbonyl (C=O) groups is 3. The minimum Gasteiger partial charge on any atom is -0.447 e. The van der Waals surface area contributed by atoms with Gasteiger partial charge in [-0.3, -0.25) is 9.59 Å². The van der Waals surface area contributed by atoms with Crippen molar-refractivity contribution >= 4 is 29.6 Å². The lowest BCUT2D eigenvalue weighted by Gasteiger charge is -2.33. The number of rotatable bonds is 3. The highest BCUT2D eigenvalue weighted by molar-refractivity contribution is 6.99. The minimum atomic E-state index is -0.632. The van der Waals surface area contributed by atoms with Crippen molar-refractivity contribution in [1.82, 2.24) is 24.3 Å². The molecule has 10 heteroatoms. The molecule has 2 N–H and O–H groups in total. The maximum atomic E-state index is 12.7. The van der Waals surface area contributed by atoms with Crippen molar-refractivity contribution in [1.29, 1.82) is 0 Å². The number of nitrogens with one attached hydrogen (secondary N) is 2. The summed E-state index contributed by atoms with van der Waals surface area (Å²) in [6.45, 7) is 0.621. The Balaban J connectivity index is 1.50. The lowest BCUT2D eigenvalue weighted by Crippen LogP contribution is -2.56. The Morgan fingerprint density at radius 1 is 1.46 bits per heavy atom. The number of hydrogen-bond donors (Lipinski definition) is 2. The fraction of sp³-hybridized carbons (Fsp3) is 0.643. The van der Waals surface area contributed by atoms with E-state index in [1.807, 2.05) is 0 Å². The van der Waals surface area contributed by atoms with Crippen molar-refractivity contribution in [3.8, 4) is 0 Å². The van der Waals surface area contributed by atoms with Crippen LogP contribution in [0.4, 0.5) is 4.79 Å². The van der Waals surface area contributed by atoms with Crippen LogP contribution in [0.25, 0.3) is 0 Å². The van der Waals surface area contributed by atoms with Gasteiger partial charge in [0.15, 0.2) is 5.69 Å². The zero-order valence-corrected chi connectivity index (χ0v) is 13.7. The van der Waals surface area contributed by atoms with Crippen LogP contribution in [0.2, 0.25) is 0 Å². The van der Waals surface area contributed by atoms with E-state index in [0.717, 1.165) is 31.0 Å². The number of carbonyl (C=O) groups excluding carboxylic acids is 3. The molecule has 1 aromatic heterocycles. The number of ether oxygens (including phenoxy) is 1. The molecule has 3 amide bonds. The number of cyclic esters (lactones) is 1. The summed E-state index contributed by atoms with van der Waals surface area (Å²) in [4.78, 5) is 38.0. The third kappa shape index (κ3) is 2.41. The van der Waals surface area contributed by atoms with E-state index < -0.39 is 17.7 Å². The van der Waals surface area contributed by atoms with E-state index >= 15 is 0 Å². The molecule has 1 aromatic rings. The number of likely N-dealkylation sites (tertiary alicyclic amines) is 1. The summed E-state index contributed by atoms with van der Waals surface area (Å²) in [7, 11) is 0. The van der Waals surface area contributed by atoms with Crippen LogP contribution >= 0.6 is 11.7 Å². The predicted molar refractivity (Wildman–Crippen MR) is 82.3 cm³/mol. The van der Waals surface area contributed by atoms with Gasteiger partial charge in [0, 0.05) is 6.54 Å². The highest BCUT2D eigenvalue weighted by Gasteiger charge is 2.54. The molecule has 2 saturated heterocycles. The zero-order chi connectivity index (χ0) is 16.7. The monoisotopic (exact) mass is 351 g/mol. The maximum absolute atomic E-state index is 12.7. The van der Waals surface area contributed by atoms with Crippen LogP contribution in [0.5, 0.6) is 0 Å². The first kappa shape index (κ1) is 15.3. The Morgan fingerprint density at radius 3 is 3.04 bits per heavy atom. The topological polar surface area (TPSA) is 114 Å². The maximum Gasteiger partial charge on any atom is 0.407 e. The van der Waals surface area contributed by atoms with Gasteiger partial charge in [-0.25, -0.2) is 4.79 Å². The standard InChI is InChI=1S/C14H17N5O4S/c20-11(8-6-15-24-18-8)17-14-3-1-2-10(14)19(5-4-14)12(21)9-7-23-13(22)16-9/h6,9-10H,1-5,7H2,(H,16,22)(H,17,20). The van der Waals surface area contributed by atoms with Crippen LogP contribution in [-0.2, 0) is 9.53 Å². The lowest BCUT2D eigenvalue weighted by atomic mass is 9.92. The van der Waals surface area contributed by atoms with Crippen molar-refractivity contribution in [2.45, 2.75) is 43.3 Å². The summed E-state index contributed by atoms with van der Waals surface area (Å²) in [6.07, 6.45) is 4.20. The molecule has 3 heterocycles. The number of fused-ring (bicyclic) bond motifs is 1. The van der Waals surface area contributed by atoms with Gasteiger partial charge in [-0.2, -0.15) is 8.75 Å². The van der Waals surface area contributed by atoms with E-state index in [1.165, 1.54) is 6.20 Å². The summed E-state index contributed by atoms with van der Waals surface area (Å²) < 4.78 is 12.6. The van der Waals surface area contributed by atoms with Crippen LogP contribution in [-0.4, -0.2) is 62.3 Å². The third-order valence-corrected chi connectivity index (χ3v) is 5.60. The van der Waals surface area contributed by atoms with Gasteiger partial charge in [-0.1, -0.05) is 0 Å². The van der Waals surface area contributed by atoms with Crippen molar-refractivity contribution in [3.05, 3.63) is 11.9 Å². The summed E-state index contributed by atoms with van der Waals surface area (Å²) >= 11 is 0.992. The molecule has 0 spiro atoms. The van der Waals surface area contributed by atoms with Crippen molar-refractivity contribution in [2.75, 3.05) is 13.2 Å². The molecule has 3 atom stereocenters. The van der Waals surface area contributed by atoms with E-state index in [-0.39, 0.29) is 24.5 Å². The van der Waals surface area contributed by atoms with Gasteiger partial charge in [0.1, 0.15) is 12.6 Å². The van der Waals surface area contributed by atoms with Crippen molar-refractivity contribution in [2.24, 2.45) is 0 Å². The summed E-state index contributed by atoms with van der Waals surface area (Å²) in [5.41, 5.74) is -0.110. The predicted octanol–water partition coefficient (Wildman–Crippen LogP) is -0.100. The largest absolute Gasteiger partial charge is 0.447 e. The molecule has 1 saturated carbocycles. The number of amides is 3. The fourth-order valence-corrected chi connectivity index (χ4v) is 4.43. The molecule has 2 aliphatic heterocycles. The molecule has 9 nitrogen and oxygen atoms in total. The molecule has 3 unspecified atom stereocenters. The second-order valence-electron chi connectivity index (χ2n) is 6.39. The second kappa shape index (κ2) is 5.69. The average molecular weight is 351 g/mol. The minimum absolute atomic E-state index is 0.0574. The number of hydrogen-bond acceptors (Lipinski definition) is 7. The molecule has 0 radical (unpaired) electrons. The third-order valence-electron chi connectivity index (χ3n) is 5.12. The highest BCUT2D eigenvalue weighted by atomic mass is 32.1. The molecule has 3 fully saturated rings. The Bertz CT molecular complexity index is 681. The van der Waals surface area contributed by atoms with Crippen LogP contribution in [0.15, 0.2) is 6.20 Å². The molecule has 0 aromatic carbocycles. The van der Waals surface area contributed by atoms with E-state index in [0.29, 0.717) is 18.7 Å². The van der Waals surface area contributed by atoms with Gasteiger partial charge < -0.3 is 20.3 Å². The van der Waals surface area contributed by atoms with Crippen LogP contribution in [0.3, 0.4) is 0 Å². The van der Waals surface area contributed by atoms with Gasteiger partial charge in [0.25, 0.3) is 5.91 Å². The molecule has 128 valence electrons. The van der Waals surface area contributed by atoms with Gasteiger partial charge in [-0.05, 0) is 25.7 Å². The molecular weight excluding hydrogens is 334 g/mol. The summed E-state index contributed by atoms with van der Waals surface area (Å²) in [6, 6.07) is -0.689. The Morgan fingerprint density at radius 2 is 2.33 bits per heavy atom. The average Bonchev–Trinajstić information content (AvgIpc) is 3.30. The zero-order valence-electron chi connectivity index (χ0n) is 12.9. The molecule has 24 heavy (non-hydrogen) atoms. The first-order valence-electron chi connectivity index (χ1n) is 7.93. The number of nitrogens with zero attached hydrogens (tertiary/aromatic N) is 3. The molecular formula is C14H17N5O4S. The Labute approximate surface area is 142 Å².